The predicted molar refractivity (Wildman–Crippen MR) is 54.9 cm³/mol. The largest absolute Gasteiger partial charge is 0.382 e. The van der Waals surface area contributed by atoms with E-state index in [9.17, 15) is 0 Å². The summed E-state index contributed by atoms with van der Waals surface area (Å²) in [5.41, 5.74) is 0. The Hall–Kier alpha value is 0.400. The third-order valence-corrected chi connectivity index (χ3v) is 2.84. The quantitative estimate of drug-likeness (QED) is 0.502. The molecule has 0 saturated carbocycles. The zero-order chi connectivity index (χ0) is 9.40. The summed E-state index contributed by atoms with van der Waals surface area (Å²) < 4.78 is 10.2. The van der Waals surface area contributed by atoms with E-state index < -0.39 is 0 Å². The Kier molecular flexibility index (Phi) is 8.29. The van der Waals surface area contributed by atoms with Crippen molar-refractivity contribution in [2.45, 2.75) is 25.1 Å². The Balaban J connectivity index is 3.08. The Morgan fingerprint density at radius 1 is 1.17 bits per heavy atom. The lowest BCUT2D eigenvalue weighted by Gasteiger charge is -2.13. The highest BCUT2D eigenvalue weighted by atomic mass is 79.9. The molecule has 0 radical (unpaired) electrons. The van der Waals surface area contributed by atoms with E-state index in [0.717, 1.165) is 13.0 Å². The SMILES string of the molecule is COCCOCCC(C)C(C)Br. The predicted octanol–water partition coefficient (Wildman–Crippen LogP) is 2.46. The van der Waals surface area contributed by atoms with Crippen molar-refractivity contribution in [2.24, 2.45) is 5.92 Å². The van der Waals surface area contributed by atoms with Crippen molar-refractivity contribution < 1.29 is 9.47 Å². The number of hydrogen-bond donors (Lipinski definition) is 0. The van der Waals surface area contributed by atoms with E-state index in [4.69, 9.17) is 9.47 Å². The maximum Gasteiger partial charge on any atom is 0.0700 e. The first-order valence-electron chi connectivity index (χ1n) is 4.39. The fourth-order valence-corrected chi connectivity index (χ4v) is 1.01. The van der Waals surface area contributed by atoms with Gasteiger partial charge < -0.3 is 9.47 Å². The zero-order valence-electron chi connectivity index (χ0n) is 8.18. The van der Waals surface area contributed by atoms with Crippen LogP contribution in [0.2, 0.25) is 0 Å². The average molecular weight is 239 g/mol. The molecule has 0 aliphatic carbocycles. The summed E-state index contributed by atoms with van der Waals surface area (Å²) in [7, 11) is 1.69. The van der Waals surface area contributed by atoms with Crippen LogP contribution in [0.4, 0.5) is 0 Å². The molecule has 2 nitrogen and oxygen atoms in total. The number of ether oxygens (including phenoxy) is 2. The highest BCUT2D eigenvalue weighted by Gasteiger charge is 2.07. The van der Waals surface area contributed by atoms with Crippen molar-refractivity contribution in [3.05, 3.63) is 0 Å². The Morgan fingerprint density at radius 2 is 1.83 bits per heavy atom. The standard InChI is InChI=1S/C9H19BrO2/c1-8(9(2)10)4-5-12-7-6-11-3/h8-9H,4-7H2,1-3H3. The minimum absolute atomic E-state index is 0.573. The Morgan fingerprint density at radius 3 is 2.33 bits per heavy atom. The number of rotatable bonds is 7. The Bertz CT molecular complexity index is 96.5. The van der Waals surface area contributed by atoms with Gasteiger partial charge >= 0.3 is 0 Å². The van der Waals surface area contributed by atoms with Crippen molar-refractivity contribution in [2.75, 3.05) is 26.9 Å². The van der Waals surface area contributed by atoms with Gasteiger partial charge in [-0.15, -0.1) is 0 Å². The van der Waals surface area contributed by atoms with Crippen LogP contribution >= 0.6 is 15.9 Å². The van der Waals surface area contributed by atoms with Crippen LogP contribution in [0.1, 0.15) is 20.3 Å². The maximum atomic E-state index is 5.35. The fraction of sp³-hybridized carbons (Fsp3) is 1.00. The average Bonchev–Trinajstić information content (AvgIpc) is 2.03. The monoisotopic (exact) mass is 238 g/mol. The van der Waals surface area contributed by atoms with Gasteiger partial charge in [0.2, 0.25) is 0 Å². The number of methoxy groups -OCH3 is 1. The molecule has 0 heterocycles. The summed E-state index contributed by atoms with van der Waals surface area (Å²) in [5.74, 6) is 0.674. The normalized spacial score (nSPS) is 16.0. The van der Waals surface area contributed by atoms with E-state index >= 15 is 0 Å². The molecule has 0 saturated heterocycles. The van der Waals surface area contributed by atoms with Crippen LogP contribution in [0.3, 0.4) is 0 Å². The molecular formula is C9H19BrO2. The molecule has 0 spiro atoms. The molecule has 2 unspecified atom stereocenters. The molecule has 0 aliphatic rings. The summed E-state index contributed by atoms with van der Waals surface area (Å²) in [6.45, 7) is 6.62. The fourth-order valence-electron chi connectivity index (χ4n) is 0.743. The van der Waals surface area contributed by atoms with Gasteiger partial charge in [-0.2, -0.15) is 0 Å². The van der Waals surface area contributed by atoms with Crippen LogP contribution in [0.15, 0.2) is 0 Å². The first-order valence-corrected chi connectivity index (χ1v) is 5.30. The smallest absolute Gasteiger partial charge is 0.0700 e. The van der Waals surface area contributed by atoms with E-state index in [1.807, 2.05) is 0 Å². The van der Waals surface area contributed by atoms with E-state index in [2.05, 4.69) is 29.8 Å². The molecule has 0 N–H and O–H groups in total. The van der Waals surface area contributed by atoms with Crippen molar-refractivity contribution in [1.82, 2.24) is 0 Å². The van der Waals surface area contributed by atoms with Gasteiger partial charge in [-0.1, -0.05) is 29.8 Å². The molecule has 0 aromatic heterocycles. The number of alkyl halides is 1. The molecule has 0 bridgehead atoms. The van der Waals surface area contributed by atoms with E-state index in [0.29, 0.717) is 24.0 Å². The highest BCUT2D eigenvalue weighted by Crippen LogP contribution is 2.14. The lowest BCUT2D eigenvalue weighted by molar-refractivity contribution is 0.0647. The summed E-state index contributed by atoms with van der Waals surface area (Å²) in [5, 5.41) is 0. The molecule has 0 fully saturated rings. The van der Waals surface area contributed by atoms with Gasteiger partial charge in [0.05, 0.1) is 13.2 Å². The number of hydrogen-bond acceptors (Lipinski definition) is 2. The Labute approximate surface area is 83.8 Å². The van der Waals surface area contributed by atoms with Gasteiger partial charge in [-0.3, -0.25) is 0 Å². The lowest BCUT2D eigenvalue weighted by Crippen LogP contribution is -2.11. The van der Waals surface area contributed by atoms with E-state index in [1.54, 1.807) is 7.11 Å². The zero-order valence-corrected chi connectivity index (χ0v) is 9.76. The molecular weight excluding hydrogens is 220 g/mol. The molecule has 74 valence electrons. The number of halogens is 1. The first kappa shape index (κ1) is 12.4. The van der Waals surface area contributed by atoms with Crippen LogP contribution in [0, 0.1) is 5.92 Å². The maximum absolute atomic E-state index is 5.35. The minimum Gasteiger partial charge on any atom is -0.382 e. The summed E-state index contributed by atoms with van der Waals surface area (Å²) in [6, 6.07) is 0. The molecule has 0 aromatic rings. The first-order chi connectivity index (χ1) is 5.68. The topological polar surface area (TPSA) is 18.5 Å². The van der Waals surface area contributed by atoms with E-state index in [1.165, 1.54) is 0 Å². The second kappa shape index (κ2) is 8.02. The van der Waals surface area contributed by atoms with Gasteiger partial charge in [0.25, 0.3) is 0 Å². The molecule has 0 aromatic carbocycles. The third-order valence-electron chi connectivity index (χ3n) is 1.93. The van der Waals surface area contributed by atoms with Crippen LogP contribution in [-0.2, 0) is 9.47 Å². The van der Waals surface area contributed by atoms with Crippen molar-refractivity contribution in [1.29, 1.82) is 0 Å². The molecule has 0 amide bonds. The van der Waals surface area contributed by atoms with Crippen LogP contribution < -0.4 is 0 Å². The molecule has 0 aliphatic heterocycles. The van der Waals surface area contributed by atoms with Gasteiger partial charge in [0.15, 0.2) is 0 Å². The van der Waals surface area contributed by atoms with Gasteiger partial charge in [0, 0.05) is 18.5 Å². The van der Waals surface area contributed by atoms with Crippen LogP contribution in [0.5, 0.6) is 0 Å². The van der Waals surface area contributed by atoms with Crippen LogP contribution in [0.25, 0.3) is 0 Å². The van der Waals surface area contributed by atoms with Crippen molar-refractivity contribution >= 4 is 15.9 Å². The molecule has 2 atom stereocenters. The van der Waals surface area contributed by atoms with Crippen LogP contribution in [-0.4, -0.2) is 31.8 Å². The highest BCUT2D eigenvalue weighted by molar-refractivity contribution is 9.09. The third kappa shape index (κ3) is 7.07. The second-order valence-corrected chi connectivity index (χ2v) is 4.49. The van der Waals surface area contributed by atoms with Gasteiger partial charge in [-0.05, 0) is 12.3 Å². The lowest BCUT2D eigenvalue weighted by atomic mass is 10.1. The van der Waals surface area contributed by atoms with Crippen molar-refractivity contribution in [3.8, 4) is 0 Å². The second-order valence-electron chi connectivity index (χ2n) is 3.05. The van der Waals surface area contributed by atoms with Crippen molar-refractivity contribution in [3.63, 3.8) is 0 Å². The minimum atomic E-state index is 0.573. The molecule has 3 heteroatoms. The van der Waals surface area contributed by atoms with Gasteiger partial charge in [0.1, 0.15) is 0 Å². The summed E-state index contributed by atoms with van der Waals surface area (Å²) in [4.78, 5) is 0.573. The molecule has 12 heavy (non-hydrogen) atoms. The molecule has 0 rings (SSSR count). The summed E-state index contributed by atoms with van der Waals surface area (Å²) >= 11 is 3.54. The van der Waals surface area contributed by atoms with Gasteiger partial charge in [-0.25, -0.2) is 0 Å². The summed E-state index contributed by atoms with van der Waals surface area (Å²) in [6.07, 6.45) is 1.11. The van der Waals surface area contributed by atoms with E-state index in [-0.39, 0.29) is 0 Å².